The van der Waals surface area contributed by atoms with Crippen LogP contribution in [0.4, 0.5) is 8.78 Å². The number of hydrogen-bond donors (Lipinski definition) is 1. The van der Waals surface area contributed by atoms with Crippen LogP contribution in [0.25, 0.3) is 6.08 Å². The molecule has 22 heavy (non-hydrogen) atoms. The maximum Gasteiger partial charge on any atom is 0.244 e. The van der Waals surface area contributed by atoms with E-state index in [1.807, 2.05) is 0 Å². The lowest BCUT2D eigenvalue weighted by Gasteiger charge is -2.13. The van der Waals surface area contributed by atoms with E-state index in [0.29, 0.717) is 10.6 Å². The number of amides is 1. The molecule has 0 radical (unpaired) electrons. The first-order chi connectivity index (χ1) is 10.5. The van der Waals surface area contributed by atoms with Crippen LogP contribution < -0.4 is 5.32 Å². The fourth-order valence-corrected chi connectivity index (χ4v) is 2.17. The Kier molecular flexibility index (Phi) is 5.28. The van der Waals surface area contributed by atoms with Gasteiger partial charge >= 0.3 is 0 Å². The fraction of sp³-hybridized carbons (Fsp3) is 0.118. The van der Waals surface area contributed by atoms with Crippen LogP contribution in [0.1, 0.15) is 24.1 Å². The van der Waals surface area contributed by atoms with Gasteiger partial charge in [-0.2, -0.15) is 0 Å². The second-order valence-electron chi connectivity index (χ2n) is 4.75. The van der Waals surface area contributed by atoms with Crippen LogP contribution in [-0.2, 0) is 4.79 Å². The minimum atomic E-state index is -0.692. The van der Waals surface area contributed by atoms with Gasteiger partial charge in [0.15, 0.2) is 0 Å². The zero-order valence-electron chi connectivity index (χ0n) is 11.8. The van der Waals surface area contributed by atoms with Gasteiger partial charge < -0.3 is 5.32 Å². The SMILES string of the molecule is C[C@@H](NC(=O)/C=C/c1ccccc1Cl)c1ccc(F)cc1F. The summed E-state index contributed by atoms with van der Waals surface area (Å²) in [5.41, 5.74) is 0.931. The molecule has 5 heteroatoms. The molecule has 2 rings (SSSR count). The van der Waals surface area contributed by atoms with Crippen molar-refractivity contribution in [3.05, 3.63) is 76.3 Å². The summed E-state index contributed by atoms with van der Waals surface area (Å²) in [6, 6.07) is 9.76. The average molecular weight is 322 g/mol. The van der Waals surface area contributed by atoms with Gasteiger partial charge in [0, 0.05) is 22.7 Å². The first-order valence-corrected chi connectivity index (χ1v) is 7.03. The molecule has 0 aliphatic rings. The normalized spacial score (nSPS) is 12.4. The van der Waals surface area contributed by atoms with E-state index in [1.54, 1.807) is 37.3 Å². The van der Waals surface area contributed by atoms with E-state index in [4.69, 9.17) is 11.6 Å². The third-order valence-corrected chi connectivity index (χ3v) is 3.45. The van der Waals surface area contributed by atoms with Crippen molar-refractivity contribution in [3.8, 4) is 0 Å². The number of benzene rings is 2. The number of hydrogen-bond acceptors (Lipinski definition) is 1. The highest BCUT2D eigenvalue weighted by atomic mass is 35.5. The number of halogens is 3. The van der Waals surface area contributed by atoms with Crippen molar-refractivity contribution < 1.29 is 13.6 Å². The molecule has 2 aromatic carbocycles. The van der Waals surface area contributed by atoms with Crippen LogP contribution in [0.5, 0.6) is 0 Å². The van der Waals surface area contributed by atoms with Crippen molar-refractivity contribution in [3.63, 3.8) is 0 Å². The van der Waals surface area contributed by atoms with Gasteiger partial charge in [0.2, 0.25) is 5.91 Å². The minimum Gasteiger partial charge on any atom is -0.346 e. The van der Waals surface area contributed by atoms with Gasteiger partial charge in [0.05, 0.1) is 6.04 Å². The highest BCUT2D eigenvalue weighted by Gasteiger charge is 2.13. The monoisotopic (exact) mass is 321 g/mol. The Balaban J connectivity index is 2.04. The molecule has 0 unspecified atom stereocenters. The van der Waals surface area contributed by atoms with E-state index < -0.39 is 23.6 Å². The summed E-state index contributed by atoms with van der Waals surface area (Å²) in [5, 5.41) is 3.15. The van der Waals surface area contributed by atoms with Gasteiger partial charge in [-0.15, -0.1) is 0 Å². The molecule has 2 nitrogen and oxygen atoms in total. The van der Waals surface area contributed by atoms with Crippen molar-refractivity contribution in [1.29, 1.82) is 0 Å². The Hall–Kier alpha value is -2.20. The summed E-state index contributed by atoms with van der Waals surface area (Å²) >= 11 is 5.98. The van der Waals surface area contributed by atoms with Crippen molar-refractivity contribution in [2.75, 3.05) is 0 Å². The topological polar surface area (TPSA) is 29.1 Å². The zero-order chi connectivity index (χ0) is 16.1. The highest BCUT2D eigenvalue weighted by molar-refractivity contribution is 6.32. The third-order valence-electron chi connectivity index (χ3n) is 3.11. The molecular formula is C17H14ClF2NO. The van der Waals surface area contributed by atoms with Crippen LogP contribution in [0.15, 0.2) is 48.5 Å². The van der Waals surface area contributed by atoms with Crippen LogP contribution >= 0.6 is 11.6 Å². The summed E-state index contributed by atoms with van der Waals surface area (Å²) in [6.07, 6.45) is 2.89. The lowest BCUT2D eigenvalue weighted by atomic mass is 10.1. The first kappa shape index (κ1) is 16.2. The Morgan fingerprint density at radius 2 is 1.95 bits per heavy atom. The summed E-state index contributed by atoms with van der Waals surface area (Å²) in [6.45, 7) is 1.62. The largest absolute Gasteiger partial charge is 0.346 e. The van der Waals surface area contributed by atoms with E-state index >= 15 is 0 Å². The van der Waals surface area contributed by atoms with E-state index in [2.05, 4.69) is 5.32 Å². The van der Waals surface area contributed by atoms with Gasteiger partial charge in [-0.25, -0.2) is 8.78 Å². The maximum absolute atomic E-state index is 13.6. The average Bonchev–Trinajstić information content (AvgIpc) is 2.46. The summed E-state index contributed by atoms with van der Waals surface area (Å²) < 4.78 is 26.5. The van der Waals surface area contributed by atoms with Crippen LogP contribution in [0, 0.1) is 11.6 Å². The smallest absolute Gasteiger partial charge is 0.244 e. The van der Waals surface area contributed by atoms with E-state index in [0.717, 1.165) is 12.1 Å². The van der Waals surface area contributed by atoms with E-state index in [1.165, 1.54) is 12.1 Å². The highest BCUT2D eigenvalue weighted by Crippen LogP contribution is 2.18. The van der Waals surface area contributed by atoms with Gasteiger partial charge in [-0.05, 0) is 30.7 Å². The quantitative estimate of drug-likeness (QED) is 0.825. The number of carbonyl (C=O) groups is 1. The van der Waals surface area contributed by atoms with Gasteiger partial charge in [0.1, 0.15) is 11.6 Å². The molecule has 0 aromatic heterocycles. The third kappa shape index (κ3) is 4.15. The lowest BCUT2D eigenvalue weighted by Crippen LogP contribution is -2.25. The van der Waals surface area contributed by atoms with Crippen molar-refractivity contribution in [2.45, 2.75) is 13.0 Å². The number of carbonyl (C=O) groups excluding carboxylic acids is 1. The molecule has 1 N–H and O–H groups in total. The molecule has 0 saturated carbocycles. The molecule has 0 saturated heterocycles. The van der Waals surface area contributed by atoms with Crippen LogP contribution in [0.3, 0.4) is 0 Å². The van der Waals surface area contributed by atoms with E-state index in [9.17, 15) is 13.6 Å². The van der Waals surface area contributed by atoms with Gasteiger partial charge in [-0.3, -0.25) is 4.79 Å². The molecule has 0 fully saturated rings. The molecule has 0 spiro atoms. The fourth-order valence-electron chi connectivity index (χ4n) is 1.97. The molecule has 0 bridgehead atoms. The minimum absolute atomic E-state index is 0.223. The van der Waals surface area contributed by atoms with Crippen molar-refractivity contribution in [1.82, 2.24) is 5.32 Å². The summed E-state index contributed by atoms with van der Waals surface area (Å²) in [4.78, 5) is 11.9. The molecule has 0 aliphatic heterocycles. The van der Waals surface area contributed by atoms with Gasteiger partial charge in [0.25, 0.3) is 0 Å². The van der Waals surface area contributed by atoms with Crippen molar-refractivity contribution >= 4 is 23.6 Å². The Bertz CT molecular complexity index is 716. The zero-order valence-corrected chi connectivity index (χ0v) is 12.6. The lowest BCUT2D eigenvalue weighted by molar-refractivity contribution is -0.117. The predicted octanol–water partition coefficient (Wildman–Crippen LogP) is 4.51. The summed E-state index contributed by atoms with van der Waals surface area (Å²) in [5.74, 6) is -1.74. The second kappa shape index (κ2) is 7.18. The molecule has 1 atom stereocenters. The molecule has 2 aromatic rings. The predicted molar refractivity (Wildman–Crippen MR) is 83.4 cm³/mol. The standard InChI is InChI=1S/C17H14ClF2NO/c1-11(14-8-7-13(19)10-16(14)20)21-17(22)9-6-12-4-2-3-5-15(12)18/h2-11H,1H3,(H,21,22)/b9-6+/t11-/m1/s1. The van der Waals surface area contributed by atoms with Crippen molar-refractivity contribution in [2.24, 2.45) is 0 Å². The molecule has 0 heterocycles. The number of nitrogens with one attached hydrogen (secondary N) is 1. The molecular weight excluding hydrogens is 308 g/mol. The van der Waals surface area contributed by atoms with E-state index in [-0.39, 0.29) is 5.56 Å². The first-order valence-electron chi connectivity index (χ1n) is 6.65. The number of rotatable bonds is 4. The molecule has 114 valence electrons. The molecule has 1 amide bonds. The van der Waals surface area contributed by atoms with Crippen LogP contribution in [-0.4, -0.2) is 5.91 Å². The molecule has 0 aliphatic carbocycles. The Labute approximate surface area is 132 Å². The second-order valence-corrected chi connectivity index (χ2v) is 5.16. The van der Waals surface area contributed by atoms with Gasteiger partial charge in [-0.1, -0.05) is 35.9 Å². The Morgan fingerprint density at radius 1 is 1.23 bits per heavy atom. The maximum atomic E-state index is 13.6. The summed E-state index contributed by atoms with van der Waals surface area (Å²) in [7, 11) is 0. The Morgan fingerprint density at radius 3 is 2.64 bits per heavy atom. The van der Waals surface area contributed by atoms with Crippen LogP contribution in [0.2, 0.25) is 5.02 Å².